The summed E-state index contributed by atoms with van der Waals surface area (Å²) in [6, 6.07) is 10.8. The largest absolute Gasteiger partial charge is 0.504 e. The molecule has 0 saturated carbocycles. The number of phenolic OH excluding ortho intramolecular Hbond substituents is 6. The van der Waals surface area contributed by atoms with Crippen LogP contribution in [0.2, 0.25) is 0 Å². The average molecular weight is 421 g/mol. The molecule has 3 aromatic carbocycles. The highest BCUT2D eigenvalue weighted by atomic mass is 16.3. The summed E-state index contributed by atoms with van der Waals surface area (Å²) < 4.78 is 0. The molecule has 31 heavy (non-hydrogen) atoms. The van der Waals surface area contributed by atoms with Crippen molar-refractivity contribution in [2.75, 3.05) is 6.54 Å². The van der Waals surface area contributed by atoms with Crippen molar-refractivity contribution in [3.05, 3.63) is 70.3 Å². The van der Waals surface area contributed by atoms with Crippen molar-refractivity contribution in [1.82, 2.24) is 4.90 Å². The highest BCUT2D eigenvalue weighted by molar-refractivity contribution is 5.55. The van der Waals surface area contributed by atoms with Crippen LogP contribution in [0.4, 0.5) is 0 Å². The zero-order valence-electron chi connectivity index (χ0n) is 16.7. The summed E-state index contributed by atoms with van der Waals surface area (Å²) in [5.74, 6) is -1.05. The van der Waals surface area contributed by atoms with Crippen molar-refractivity contribution in [2.45, 2.75) is 31.3 Å². The second kappa shape index (κ2) is 6.99. The first-order valence-electron chi connectivity index (χ1n) is 10.2. The molecule has 160 valence electrons. The van der Waals surface area contributed by atoms with Crippen LogP contribution in [0, 0.1) is 0 Å². The van der Waals surface area contributed by atoms with Gasteiger partial charge in [0, 0.05) is 24.2 Å². The van der Waals surface area contributed by atoms with Gasteiger partial charge in [-0.25, -0.2) is 0 Å². The van der Waals surface area contributed by atoms with Crippen LogP contribution in [0.1, 0.15) is 39.9 Å². The van der Waals surface area contributed by atoms with E-state index in [0.29, 0.717) is 31.4 Å². The van der Waals surface area contributed by atoms with Gasteiger partial charge in [0.05, 0.1) is 0 Å². The predicted molar refractivity (Wildman–Crippen MR) is 113 cm³/mol. The second-order valence-electron chi connectivity index (χ2n) is 8.30. The molecule has 6 N–H and O–H groups in total. The van der Waals surface area contributed by atoms with Crippen molar-refractivity contribution in [1.29, 1.82) is 0 Å². The Balaban J connectivity index is 1.64. The van der Waals surface area contributed by atoms with Crippen LogP contribution in [0.25, 0.3) is 0 Å². The van der Waals surface area contributed by atoms with Gasteiger partial charge in [-0.15, -0.1) is 0 Å². The van der Waals surface area contributed by atoms with Gasteiger partial charge in [0.2, 0.25) is 0 Å². The van der Waals surface area contributed by atoms with Gasteiger partial charge in [0.1, 0.15) is 0 Å². The van der Waals surface area contributed by atoms with E-state index in [1.165, 1.54) is 18.2 Å². The van der Waals surface area contributed by atoms with E-state index in [-0.39, 0.29) is 46.6 Å². The lowest BCUT2D eigenvalue weighted by Gasteiger charge is -2.47. The molecule has 7 nitrogen and oxygen atoms in total. The first kappa shape index (κ1) is 19.4. The number of aromatic hydroxyl groups is 6. The van der Waals surface area contributed by atoms with Crippen LogP contribution in [0.5, 0.6) is 34.5 Å². The third kappa shape index (κ3) is 3.09. The molecule has 2 heterocycles. The topological polar surface area (TPSA) is 125 Å². The molecule has 2 aliphatic rings. The molecule has 0 radical (unpaired) electrons. The summed E-state index contributed by atoms with van der Waals surface area (Å²) in [7, 11) is 0. The Labute approximate surface area is 178 Å². The van der Waals surface area contributed by atoms with Crippen LogP contribution < -0.4 is 0 Å². The molecule has 7 heteroatoms. The summed E-state index contributed by atoms with van der Waals surface area (Å²) in [5.41, 5.74) is 4.22. The van der Waals surface area contributed by atoms with Gasteiger partial charge in [-0.05, 0) is 71.8 Å². The molecular formula is C24H23NO6. The predicted octanol–water partition coefficient (Wildman–Crippen LogP) is 3.36. The molecule has 0 fully saturated rings. The second-order valence-corrected chi connectivity index (χ2v) is 8.30. The van der Waals surface area contributed by atoms with Gasteiger partial charge in [0.25, 0.3) is 0 Å². The van der Waals surface area contributed by atoms with E-state index in [9.17, 15) is 30.6 Å². The quantitative estimate of drug-likeness (QED) is 0.351. The molecule has 2 aliphatic heterocycles. The van der Waals surface area contributed by atoms with Crippen molar-refractivity contribution in [3.8, 4) is 34.5 Å². The van der Waals surface area contributed by atoms with Crippen LogP contribution in [-0.2, 0) is 19.3 Å². The number of benzene rings is 3. The zero-order chi connectivity index (χ0) is 21.9. The van der Waals surface area contributed by atoms with Gasteiger partial charge >= 0.3 is 0 Å². The van der Waals surface area contributed by atoms with Crippen LogP contribution in [-0.4, -0.2) is 42.1 Å². The Bertz CT molecular complexity index is 1190. The molecule has 5 rings (SSSR count). The highest BCUT2D eigenvalue weighted by Crippen LogP contribution is 2.50. The SMILES string of the molecule is Oc1ccc(CC2c3c(ccc(O)c3O)CC3c4cc(O)c(O)cc4CCN32)cc1O. The molecule has 0 aromatic heterocycles. The summed E-state index contributed by atoms with van der Waals surface area (Å²) >= 11 is 0. The number of hydrogen-bond acceptors (Lipinski definition) is 7. The van der Waals surface area contributed by atoms with Crippen molar-refractivity contribution in [3.63, 3.8) is 0 Å². The minimum atomic E-state index is -0.297. The molecule has 0 amide bonds. The molecular weight excluding hydrogens is 398 g/mol. The Kier molecular flexibility index (Phi) is 4.37. The Morgan fingerprint density at radius 1 is 0.742 bits per heavy atom. The highest BCUT2D eigenvalue weighted by Gasteiger charge is 2.40. The van der Waals surface area contributed by atoms with Crippen LogP contribution in [0.3, 0.4) is 0 Å². The Morgan fingerprint density at radius 3 is 2.23 bits per heavy atom. The van der Waals surface area contributed by atoms with E-state index in [1.54, 1.807) is 24.3 Å². The normalized spacial score (nSPS) is 20.0. The van der Waals surface area contributed by atoms with E-state index in [1.807, 2.05) is 0 Å². The lowest BCUT2D eigenvalue weighted by molar-refractivity contribution is 0.103. The molecule has 2 unspecified atom stereocenters. The maximum atomic E-state index is 10.7. The van der Waals surface area contributed by atoms with Crippen molar-refractivity contribution >= 4 is 0 Å². The lowest BCUT2D eigenvalue weighted by atomic mass is 9.78. The number of rotatable bonds is 2. The summed E-state index contributed by atoms with van der Waals surface area (Å²) in [4.78, 5) is 2.23. The lowest BCUT2D eigenvalue weighted by Crippen LogP contribution is -2.43. The Hall–Kier alpha value is -3.58. The number of fused-ring (bicyclic) bond motifs is 4. The molecule has 3 aromatic rings. The third-order valence-electron chi connectivity index (χ3n) is 6.54. The fourth-order valence-electron chi connectivity index (χ4n) is 5.05. The summed E-state index contributed by atoms with van der Waals surface area (Å²) in [6.45, 7) is 0.658. The van der Waals surface area contributed by atoms with E-state index in [0.717, 1.165) is 22.3 Å². The van der Waals surface area contributed by atoms with Gasteiger partial charge < -0.3 is 30.6 Å². The van der Waals surface area contributed by atoms with Crippen molar-refractivity contribution < 1.29 is 30.6 Å². The molecule has 0 spiro atoms. The summed E-state index contributed by atoms with van der Waals surface area (Å²) in [6.07, 6.45) is 1.68. The first-order chi connectivity index (χ1) is 14.8. The third-order valence-corrected chi connectivity index (χ3v) is 6.54. The van der Waals surface area contributed by atoms with Gasteiger partial charge in [0.15, 0.2) is 34.5 Å². The first-order valence-corrected chi connectivity index (χ1v) is 10.2. The minimum Gasteiger partial charge on any atom is -0.504 e. The zero-order valence-corrected chi connectivity index (χ0v) is 16.7. The fraction of sp³-hybridized carbons (Fsp3) is 0.250. The molecule has 0 bridgehead atoms. The van der Waals surface area contributed by atoms with Gasteiger partial charge in [-0.2, -0.15) is 0 Å². The van der Waals surface area contributed by atoms with E-state index in [4.69, 9.17) is 0 Å². The maximum Gasteiger partial charge on any atom is 0.162 e. The number of phenols is 6. The van der Waals surface area contributed by atoms with E-state index < -0.39 is 0 Å². The minimum absolute atomic E-state index is 0.0811. The summed E-state index contributed by atoms with van der Waals surface area (Å²) in [5, 5.41) is 60.5. The van der Waals surface area contributed by atoms with Crippen molar-refractivity contribution in [2.24, 2.45) is 0 Å². The van der Waals surface area contributed by atoms with Gasteiger partial charge in [-0.1, -0.05) is 12.1 Å². The average Bonchev–Trinajstić information content (AvgIpc) is 2.74. The van der Waals surface area contributed by atoms with E-state index in [2.05, 4.69) is 4.90 Å². The number of hydrogen-bond donors (Lipinski definition) is 6. The van der Waals surface area contributed by atoms with Crippen LogP contribution >= 0.6 is 0 Å². The maximum absolute atomic E-state index is 10.7. The molecule has 0 aliphatic carbocycles. The smallest absolute Gasteiger partial charge is 0.162 e. The molecule has 2 atom stereocenters. The Morgan fingerprint density at radius 2 is 1.45 bits per heavy atom. The standard InChI is InChI=1S/C24H23NO6/c26-18-3-1-12(8-20(18)28)7-17-23-14(2-4-19(27)24(23)31)9-16-15-11-22(30)21(29)10-13(15)5-6-25(16)17/h1-4,8,10-11,16-17,26-31H,5-7,9H2. The van der Waals surface area contributed by atoms with Gasteiger partial charge in [-0.3, -0.25) is 4.90 Å². The monoisotopic (exact) mass is 421 g/mol. The fourth-order valence-corrected chi connectivity index (χ4v) is 5.05. The van der Waals surface area contributed by atoms with Crippen LogP contribution in [0.15, 0.2) is 42.5 Å². The van der Waals surface area contributed by atoms with E-state index >= 15 is 0 Å². The molecule has 0 saturated heterocycles. The number of nitrogens with zero attached hydrogens (tertiary/aromatic N) is 1.